The first-order chi connectivity index (χ1) is 10.7. The van der Waals surface area contributed by atoms with E-state index in [9.17, 15) is 8.42 Å². The molecule has 1 aliphatic heterocycles. The lowest BCUT2D eigenvalue weighted by atomic mass is 10.2. The molecule has 5 nitrogen and oxygen atoms in total. The molecule has 0 radical (unpaired) electrons. The first-order valence-corrected chi connectivity index (χ1v) is 8.83. The normalized spacial score (nSPS) is 15.5. The van der Waals surface area contributed by atoms with Crippen molar-refractivity contribution in [3.8, 4) is 11.5 Å². The van der Waals surface area contributed by atoms with Crippen molar-refractivity contribution < 1.29 is 17.9 Å². The van der Waals surface area contributed by atoms with Crippen LogP contribution in [-0.2, 0) is 10.0 Å². The molecular weight excluding hydrogens is 338 g/mol. The zero-order valence-corrected chi connectivity index (χ0v) is 14.5. The third-order valence-electron chi connectivity index (χ3n) is 3.35. The van der Waals surface area contributed by atoms with E-state index in [1.165, 1.54) is 6.07 Å². The minimum atomic E-state index is -3.74. The Bertz CT molecular complexity index is 878. The number of halogens is 1. The van der Waals surface area contributed by atoms with Gasteiger partial charge in [-0.1, -0.05) is 17.7 Å². The van der Waals surface area contributed by atoms with Gasteiger partial charge in [0, 0.05) is 24.9 Å². The molecule has 3 rings (SSSR count). The number of sulfonamides is 1. The van der Waals surface area contributed by atoms with Gasteiger partial charge in [0.1, 0.15) is 0 Å². The van der Waals surface area contributed by atoms with Crippen molar-refractivity contribution in [3.63, 3.8) is 0 Å². The van der Waals surface area contributed by atoms with E-state index < -0.39 is 15.8 Å². The molecule has 2 aromatic rings. The second-order valence-electron chi connectivity index (χ2n) is 5.78. The number of nitrogens with one attached hydrogen (secondary N) is 1. The van der Waals surface area contributed by atoms with Crippen molar-refractivity contribution in [1.29, 1.82) is 0 Å². The molecule has 0 saturated heterocycles. The van der Waals surface area contributed by atoms with Gasteiger partial charge in [0.15, 0.2) is 11.5 Å². The van der Waals surface area contributed by atoms with Gasteiger partial charge in [-0.3, -0.25) is 4.72 Å². The maximum Gasteiger partial charge on any atom is 0.262 e. The lowest BCUT2D eigenvalue weighted by Gasteiger charge is -2.16. The van der Waals surface area contributed by atoms with Gasteiger partial charge in [0.05, 0.1) is 10.6 Å². The lowest BCUT2D eigenvalue weighted by molar-refractivity contribution is -0.0431. The Morgan fingerprint density at radius 3 is 2.48 bits per heavy atom. The second-order valence-corrected chi connectivity index (χ2v) is 7.87. The summed E-state index contributed by atoms with van der Waals surface area (Å²) in [6.07, 6.45) is 0. The van der Waals surface area contributed by atoms with Gasteiger partial charge in [-0.25, -0.2) is 8.42 Å². The predicted octanol–water partition coefficient (Wildman–Crippen LogP) is 3.96. The Labute approximate surface area is 140 Å². The number of benzene rings is 2. The minimum absolute atomic E-state index is 0.142. The summed E-state index contributed by atoms with van der Waals surface area (Å²) in [5.74, 6) is 0.318. The molecule has 23 heavy (non-hydrogen) atoms. The van der Waals surface area contributed by atoms with E-state index >= 15 is 0 Å². The van der Waals surface area contributed by atoms with Gasteiger partial charge in [-0.2, -0.15) is 0 Å². The monoisotopic (exact) mass is 353 g/mol. The first kappa shape index (κ1) is 16.0. The van der Waals surface area contributed by atoms with Crippen LogP contribution in [0.4, 0.5) is 5.69 Å². The molecule has 0 unspecified atom stereocenters. The van der Waals surface area contributed by atoms with Crippen molar-refractivity contribution >= 4 is 27.3 Å². The summed E-state index contributed by atoms with van der Waals surface area (Å²) in [7, 11) is -3.74. The second kappa shape index (κ2) is 5.32. The SMILES string of the molecule is Cc1ccc(Cl)cc1S(=O)(=O)Nc1ccc2c(c1)OC(C)(C)O2. The fraction of sp³-hybridized carbons (Fsp3) is 0.250. The van der Waals surface area contributed by atoms with Crippen LogP contribution in [0, 0.1) is 6.92 Å². The zero-order valence-electron chi connectivity index (χ0n) is 12.9. The van der Waals surface area contributed by atoms with Gasteiger partial charge < -0.3 is 9.47 Å². The topological polar surface area (TPSA) is 64.6 Å². The Morgan fingerprint density at radius 1 is 1.04 bits per heavy atom. The summed E-state index contributed by atoms with van der Waals surface area (Å²) in [6.45, 7) is 5.28. The number of anilines is 1. The zero-order chi connectivity index (χ0) is 16.8. The highest BCUT2D eigenvalue weighted by molar-refractivity contribution is 7.92. The van der Waals surface area contributed by atoms with Crippen LogP contribution in [0.1, 0.15) is 19.4 Å². The highest BCUT2D eigenvalue weighted by atomic mass is 35.5. The number of ether oxygens (including phenoxy) is 2. The maximum absolute atomic E-state index is 12.6. The molecule has 1 heterocycles. The minimum Gasteiger partial charge on any atom is -0.449 e. The molecule has 0 bridgehead atoms. The van der Waals surface area contributed by atoms with E-state index in [4.69, 9.17) is 21.1 Å². The van der Waals surface area contributed by atoms with Crippen molar-refractivity contribution in [2.45, 2.75) is 31.5 Å². The summed E-state index contributed by atoms with van der Waals surface area (Å²) >= 11 is 5.91. The Morgan fingerprint density at radius 2 is 1.74 bits per heavy atom. The van der Waals surface area contributed by atoms with Gasteiger partial charge in [-0.15, -0.1) is 0 Å². The summed E-state index contributed by atoms with van der Waals surface area (Å²) in [6, 6.07) is 9.64. The highest BCUT2D eigenvalue weighted by Gasteiger charge is 2.32. The van der Waals surface area contributed by atoms with Crippen LogP contribution in [0.15, 0.2) is 41.3 Å². The quantitative estimate of drug-likeness (QED) is 0.907. The average Bonchev–Trinajstić information content (AvgIpc) is 2.74. The number of aryl methyl sites for hydroxylation is 1. The third-order valence-corrected chi connectivity index (χ3v) is 5.11. The van der Waals surface area contributed by atoms with Crippen LogP contribution in [0.2, 0.25) is 5.02 Å². The molecule has 0 saturated carbocycles. The van der Waals surface area contributed by atoms with Crippen LogP contribution in [0.3, 0.4) is 0 Å². The summed E-state index contributed by atoms with van der Waals surface area (Å²) in [4.78, 5) is 0.142. The van der Waals surface area contributed by atoms with Crippen molar-refractivity contribution in [2.75, 3.05) is 4.72 Å². The van der Waals surface area contributed by atoms with E-state index in [1.54, 1.807) is 51.1 Å². The van der Waals surface area contributed by atoms with Gasteiger partial charge >= 0.3 is 0 Å². The van der Waals surface area contributed by atoms with Crippen LogP contribution in [-0.4, -0.2) is 14.2 Å². The molecule has 7 heteroatoms. The van der Waals surface area contributed by atoms with E-state index in [0.717, 1.165) is 0 Å². The van der Waals surface area contributed by atoms with Crippen LogP contribution in [0.25, 0.3) is 0 Å². The standard InChI is InChI=1S/C16H16ClNO4S/c1-10-4-5-11(17)8-15(10)23(19,20)18-12-6-7-13-14(9-12)22-16(2,3)21-13/h4-9,18H,1-3H3. The molecule has 2 aromatic carbocycles. The van der Waals surface area contributed by atoms with Crippen molar-refractivity contribution in [3.05, 3.63) is 47.0 Å². The fourth-order valence-corrected chi connectivity index (χ4v) is 3.92. The largest absolute Gasteiger partial charge is 0.449 e. The molecule has 1 N–H and O–H groups in total. The summed E-state index contributed by atoms with van der Waals surface area (Å²) < 4.78 is 38.9. The molecular formula is C16H16ClNO4S. The van der Waals surface area contributed by atoms with Crippen molar-refractivity contribution in [1.82, 2.24) is 0 Å². The van der Waals surface area contributed by atoms with Gasteiger partial charge in [-0.05, 0) is 36.8 Å². The number of rotatable bonds is 3. The highest BCUT2D eigenvalue weighted by Crippen LogP contribution is 2.41. The number of fused-ring (bicyclic) bond motifs is 1. The van der Waals surface area contributed by atoms with Crippen LogP contribution < -0.4 is 14.2 Å². The lowest BCUT2D eigenvalue weighted by Crippen LogP contribution is -2.29. The predicted molar refractivity (Wildman–Crippen MR) is 88.8 cm³/mol. The smallest absolute Gasteiger partial charge is 0.262 e. The maximum atomic E-state index is 12.6. The van der Waals surface area contributed by atoms with E-state index in [2.05, 4.69) is 4.72 Å². The molecule has 0 amide bonds. The third kappa shape index (κ3) is 3.23. The molecule has 1 aliphatic rings. The summed E-state index contributed by atoms with van der Waals surface area (Å²) in [5, 5.41) is 0.364. The van der Waals surface area contributed by atoms with E-state index in [1.807, 2.05) is 0 Å². The number of hydrogen-bond acceptors (Lipinski definition) is 4. The molecule has 122 valence electrons. The van der Waals surface area contributed by atoms with E-state index in [0.29, 0.717) is 27.8 Å². The van der Waals surface area contributed by atoms with E-state index in [-0.39, 0.29) is 4.90 Å². The van der Waals surface area contributed by atoms with Gasteiger partial charge in [0.2, 0.25) is 5.79 Å². The molecule has 0 aromatic heterocycles. The average molecular weight is 354 g/mol. The van der Waals surface area contributed by atoms with Crippen molar-refractivity contribution in [2.24, 2.45) is 0 Å². The molecule has 0 aliphatic carbocycles. The number of hydrogen-bond donors (Lipinski definition) is 1. The molecule has 0 spiro atoms. The Balaban J connectivity index is 1.92. The molecule has 0 fully saturated rings. The van der Waals surface area contributed by atoms with Crippen LogP contribution in [0.5, 0.6) is 11.5 Å². The van der Waals surface area contributed by atoms with Gasteiger partial charge in [0.25, 0.3) is 10.0 Å². The Kier molecular flexibility index (Phi) is 3.69. The molecule has 0 atom stereocenters. The fourth-order valence-electron chi connectivity index (χ4n) is 2.36. The summed E-state index contributed by atoms with van der Waals surface area (Å²) in [5.41, 5.74) is 1.01. The Hall–Kier alpha value is -1.92. The van der Waals surface area contributed by atoms with Crippen LogP contribution >= 0.6 is 11.6 Å². The first-order valence-electron chi connectivity index (χ1n) is 6.97.